The normalized spacial score (nSPS) is 14.7. The van der Waals surface area contributed by atoms with Crippen LogP contribution in [0.5, 0.6) is 0 Å². The zero-order valence-electron chi connectivity index (χ0n) is 20.5. The van der Waals surface area contributed by atoms with Crippen molar-refractivity contribution in [3.8, 4) is 11.3 Å². The van der Waals surface area contributed by atoms with Gasteiger partial charge in [0.25, 0.3) is 0 Å². The van der Waals surface area contributed by atoms with E-state index in [1.165, 1.54) is 19.2 Å². The Balaban J connectivity index is 1.54. The van der Waals surface area contributed by atoms with E-state index >= 15 is 0 Å². The van der Waals surface area contributed by atoms with Crippen molar-refractivity contribution in [1.29, 1.82) is 0 Å². The number of pyridine rings is 1. The van der Waals surface area contributed by atoms with Gasteiger partial charge in [-0.2, -0.15) is 0 Å². The Morgan fingerprint density at radius 1 is 1.14 bits per heavy atom. The maximum Gasteiger partial charge on any atom is 0.322 e. The molecule has 0 atom stereocenters. The highest BCUT2D eigenvalue weighted by atomic mass is 32.2. The number of urea groups is 1. The second-order valence-corrected chi connectivity index (χ2v) is 11.4. The zero-order chi connectivity index (χ0) is 25.4. The van der Waals surface area contributed by atoms with Gasteiger partial charge in [0.2, 0.25) is 10.0 Å². The van der Waals surface area contributed by atoms with E-state index < -0.39 is 10.0 Å². The number of nitrogens with one attached hydrogen (secondary N) is 2. The molecule has 1 aliphatic rings. The molecule has 0 fully saturated rings. The number of fused-ring (bicyclic) bond motifs is 1. The summed E-state index contributed by atoms with van der Waals surface area (Å²) in [5.41, 5.74) is 4.71. The molecule has 4 rings (SSSR count). The molecule has 0 bridgehead atoms. The Bertz CT molecular complexity index is 1350. The van der Waals surface area contributed by atoms with Crippen LogP contribution in [-0.4, -0.2) is 43.0 Å². The van der Waals surface area contributed by atoms with Gasteiger partial charge in [-0.1, -0.05) is 39.8 Å². The van der Waals surface area contributed by atoms with Gasteiger partial charge >= 0.3 is 6.03 Å². The molecular weight excluding hydrogens is 464 g/mol. The number of carbonyl (C=O) groups is 1. The summed E-state index contributed by atoms with van der Waals surface area (Å²) < 4.78 is 26.1. The highest BCUT2D eigenvalue weighted by Gasteiger charge is 2.39. The van der Waals surface area contributed by atoms with E-state index in [4.69, 9.17) is 4.98 Å². The highest BCUT2D eigenvalue weighted by Crippen LogP contribution is 2.40. The molecule has 1 aliphatic heterocycles. The average Bonchev–Trinajstić information content (AvgIpc) is 3.13. The van der Waals surface area contributed by atoms with Crippen LogP contribution in [0.15, 0.2) is 53.8 Å². The van der Waals surface area contributed by atoms with E-state index in [-0.39, 0.29) is 28.8 Å². The molecule has 3 heterocycles. The minimum atomic E-state index is -3.50. The molecule has 0 spiro atoms. The third-order valence-corrected chi connectivity index (χ3v) is 7.55. The van der Waals surface area contributed by atoms with Crippen molar-refractivity contribution in [2.45, 2.75) is 50.5 Å². The van der Waals surface area contributed by atoms with Crippen LogP contribution in [0.25, 0.3) is 11.3 Å². The first-order valence-electron chi connectivity index (χ1n) is 11.4. The van der Waals surface area contributed by atoms with Gasteiger partial charge in [-0.05, 0) is 42.8 Å². The summed E-state index contributed by atoms with van der Waals surface area (Å²) in [7, 11) is -2.13. The molecule has 2 N–H and O–H groups in total. The summed E-state index contributed by atoms with van der Waals surface area (Å²) in [6, 6.07) is 10.0. The lowest BCUT2D eigenvalue weighted by molar-refractivity contribution is 0.245. The van der Waals surface area contributed by atoms with E-state index in [1.54, 1.807) is 29.6 Å². The maximum atomic E-state index is 13.1. The second-order valence-electron chi connectivity index (χ2n) is 9.52. The number of anilines is 1. The lowest BCUT2D eigenvalue weighted by atomic mass is 9.91. The van der Waals surface area contributed by atoms with E-state index in [2.05, 4.69) is 47.7 Å². The van der Waals surface area contributed by atoms with Crippen LogP contribution in [0.2, 0.25) is 0 Å². The summed E-state index contributed by atoms with van der Waals surface area (Å²) in [5, 5.41) is 2.94. The number of amides is 2. The largest absolute Gasteiger partial charge is 0.334 e. The summed E-state index contributed by atoms with van der Waals surface area (Å²) in [5.74, 6) is 0.228. The molecule has 2 aromatic heterocycles. The maximum absolute atomic E-state index is 13.1. The molecule has 3 aromatic rings. The minimum absolute atomic E-state index is 0.177. The summed E-state index contributed by atoms with van der Waals surface area (Å²) in [6.45, 7) is 9.08. The highest BCUT2D eigenvalue weighted by molar-refractivity contribution is 7.89. The molecule has 0 saturated heterocycles. The minimum Gasteiger partial charge on any atom is -0.334 e. The van der Waals surface area contributed by atoms with Gasteiger partial charge < -0.3 is 5.32 Å². The number of hydrogen-bond donors (Lipinski definition) is 2. The lowest BCUT2D eigenvalue weighted by Crippen LogP contribution is -2.41. The van der Waals surface area contributed by atoms with Gasteiger partial charge in [0, 0.05) is 30.3 Å². The summed E-state index contributed by atoms with van der Waals surface area (Å²) in [6.07, 6.45) is 3.34. The Morgan fingerprint density at radius 2 is 1.86 bits per heavy atom. The van der Waals surface area contributed by atoms with Gasteiger partial charge in [0.1, 0.15) is 6.33 Å². The first kappa shape index (κ1) is 24.7. The van der Waals surface area contributed by atoms with Crippen molar-refractivity contribution in [3.63, 3.8) is 0 Å². The van der Waals surface area contributed by atoms with E-state index in [0.29, 0.717) is 6.54 Å². The van der Waals surface area contributed by atoms with Crippen LogP contribution in [0.3, 0.4) is 0 Å². The van der Waals surface area contributed by atoms with E-state index in [9.17, 15) is 13.2 Å². The monoisotopic (exact) mass is 494 g/mol. The van der Waals surface area contributed by atoms with Crippen LogP contribution >= 0.6 is 0 Å². The Morgan fingerprint density at radius 3 is 2.51 bits per heavy atom. The molecule has 10 heteroatoms. The standard InChI is InChI=1S/C25H30N6O3S/c1-16(2)22-19(13-27-15-29-22)20-10-11-21-23(30-20)25(3,4)14-31(21)24(32)28-12-17-6-8-18(9-7-17)35(33,34)26-5/h6-11,13,15-16,26H,12,14H2,1-5H3,(H,28,32). The molecule has 35 heavy (non-hydrogen) atoms. The van der Waals surface area contributed by atoms with Crippen molar-refractivity contribution in [3.05, 3.63) is 65.9 Å². The van der Waals surface area contributed by atoms with Crippen molar-refractivity contribution >= 4 is 21.7 Å². The number of carbonyl (C=O) groups excluding carboxylic acids is 1. The van der Waals surface area contributed by atoms with Crippen LogP contribution in [0.4, 0.5) is 10.5 Å². The van der Waals surface area contributed by atoms with Crippen molar-refractivity contribution in [2.75, 3.05) is 18.5 Å². The quantitative estimate of drug-likeness (QED) is 0.541. The molecule has 0 saturated carbocycles. The summed E-state index contributed by atoms with van der Waals surface area (Å²) in [4.78, 5) is 28.6. The fourth-order valence-electron chi connectivity index (χ4n) is 4.23. The smallest absolute Gasteiger partial charge is 0.322 e. The predicted molar refractivity (Wildman–Crippen MR) is 135 cm³/mol. The number of rotatable bonds is 6. The Labute approximate surface area is 206 Å². The molecule has 0 radical (unpaired) electrons. The first-order valence-corrected chi connectivity index (χ1v) is 12.9. The Kier molecular flexibility index (Phi) is 6.61. The number of aromatic nitrogens is 3. The number of sulfonamides is 1. The van der Waals surface area contributed by atoms with Crippen LogP contribution in [0.1, 0.15) is 50.6 Å². The first-order chi connectivity index (χ1) is 16.5. The van der Waals surface area contributed by atoms with Gasteiger partial charge in [-0.3, -0.25) is 4.90 Å². The average molecular weight is 495 g/mol. The van der Waals surface area contributed by atoms with Crippen molar-refractivity contribution in [1.82, 2.24) is 25.0 Å². The van der Waals surface area contributed by atoms with Crippen LogP contribution < -0.4 is 14.9 Å². The fraction of sp³-hybridized carbons (Fsp3) is 0.360. The van der Waals surface area contributed by atoms with E-state index in [0.717, 1.165) is 33.9 Å². The predicted octanol–water partition coefficient (Wildman–Crippen LogP) is 3.58. The SMILES string of the molecule is CNS(=O)(=O)c1ccc(CNC(=O)N2CC(C)(C)c3nc(-c4cncnc4C(C)C)ccc32)cc1. The molecular formula is C25H30N6O3S. The van der Waals surface area contributed by atoms with Crippen molar-refractivity contribution < 1.29 is 13.2 Å². The fourth-order valence-corrected chi connectivity index (χ4v) is 4.96. The molecule has 0 unspecified atom stereocenters. The van der Waals surface area contributed by atoms with Gasteiger partial charge in [0.05, 0.1) is 27.7 Å². The zero-order valence-corrected chi connectivity index (χ0v) is 21.3. The lowest BCUT2D eigenvalue weighted by Gasteiger charge is -2.20. The van der Waals surface area contributed by atoms with Crippen molar-refractivity contribution in [2.24, 2.45) is 0 Å². The molecule has 184 valence electrons. The second kappa shape index (κ2) is 9.35. The van der Waals surface area contributed by atoms with Gasteiger partial charge in [0.15, 0.2) is 0 Å². The number of benzene rings is 1. The number of nitrogens with zero attached hydrogens (tertiary/aromatic N) is 4. The molecule has 2 amide bonds. The topological polar surface area (TPSA) is 117 Å². The van der Waals surface area contributed by atoms with Crippen LogP contribution in [-0.2, 0) is 22.0 Å². The van der Waals surface area contributed by atoms with Gasteiger partial charge in [-0.15, -0.1) is 0 Å². The van der Waals surface area contributed by atoms with Gasteiger partial charge in [-0.25, -0.2) is 32.9 Å². The third-order valence-electron chi connectivity index (χ3n) is 6.12. The molecule has 0 aliphatic carbocycles. The summed E-state index contributed by atoms with van der Waals surface area (Å²) >= 11 is 0. The number of hydrogen-bond acceptors (Lipinski definition) is 6. The van der Waals surface area contributed by atoms with Crippen LogP contribution in [0, 0.1) is 0 Å². The Hall–Kier alpha value is -3.37. The molecule has 9 nitrogen and oxygen atoms in total. The van der Waals surface area contributed by atoms with E-state index in [1.807, 2.05) is 12.1 Å². The molecule has 1 aromatic carbocycles. The third kappa shape index (κ3) is 4.89.